The zero-order chi connectivity index (χ0) is 29.0. The van der Waals surface area contributed by atoms with Gasteiger partial charge in [-0.3, -0.25) is 0 Å². The Balaban J connectivity index is 1.38. The van der Waals surface area contributed by atoms with E-state index in [2.05, 4.69) is 30.3 Å². The van der Waals surface area contributed by atoms with Gasteiger partial charge in [-0.2, -0.15) is 0 Å². The lowest BCUT2D eigenvalue weighted by Gasteiger charge is -2.52. The Morgan fingerprint density at radius 3 is 1.66 bits per heavy atom. The lowest BCUT2D eigenvalue weighted by molar-refractivity contribution is 0.249. The van der Waals surface area contributed by atoms with Crippen LogP contribution in [0.4, 0.5) is 4.39 Å². The second-order valence-electron chi connectivity index (χ2n) is 11.7. The van der Waals surface area contributed by atoms with E-state index in [1.807, 2.05) is 109 Å². The summed E-state index contributed by atoms with van der Waals surface area (Å²) >= 11 is 0. The van der Waals surface area contributed by atoms with Gasteiger partial charge in [-0.05, 0) is 34.9 Å². The Bertz CT molecular complexity index is 2370. The topological polar surface area (TPSA) is 38.9 Å². The van der Waals surface area contributed by atoms with E-state index in [1.165, 1.54) is 0 Å². The van der Waals surface area contributed by atoms with Crippen LogP contribution in [0.25, 0.3) is 44.1 Å². The van der Waals surface area contributed by atoms with E-state index in [0.29, 0.717) is 22.5 Å². The van der Waals surface area contributed by atoms with Crippen LogP contribution in [-0.2, 0) is 11.1 Å². The van der Waals surface area contributed by atoms with Crippen molar-refractivity contribution in [1.29, 1.82) is 0 Å². The van der Waals surface area contributed by atoms with Gasteiger partial charge in [0.25, 0.3) is 0 Å². The van der Waals surface area contributed by atoms with Gasteiger partial charge in [0.15, 0.2) is 5.67 Å². The van der Waals surface area contributed by atoms with E-state index in [-0.39, 0.29) is 0 Å². The van der Waals surface area contributed by atoms with Crippen molar-refractivity contribution in [1.82, 2.24) is 9.97 Å². The molecule has 206 valence electrons. The third-order valence-corrected chi connectivity index (χ3v) is 9.70. The minimum atomic E-state index is -1.77. The molecule has 0 spiro atoms. The zero-order valence-corrected chi connectivity index (χ0v) is 23.5. The summed E-state index contributed by atoms with van der Waals surface area (Å²) in [7, 11) is 0. The molecule has 0 amide bonds. The minimum absolute atomic E-state index is 0.619. The summed E-state index contributed by atoms with van der Waals surface area (Å²) in [5, 5.41) is 3.04. The van der Waals surface area contributed by atoms with Crippen molar-refractivity contribution in [3.8, 4) is 11.3 Å². The second kappa shape index (κ2) is 8.27. The van der Waals surface area contributed by atoms with E-state index in [1.54, 1.807) is 0 Å². The van der Waals surface area contributed by atoms with E-state index in [0.717, 1.165) is 60.8 Å². The van der Waals surface area contributed by atoms with Crippen molar-refractivity contribution < 1.29 is 8.81 Å². The number of halogens is 1. The molecule has 0 saturated heterocycles. The maximum absolute atomic E-state index is 17.8. The minimum Gasteiger partial charge on any atom is -0.455 e. The quantitative estimate of drug-likeness (QED) is 0.209. The molecule has 3 nitrogen and oxygen atoms in total. The molecule has 0 fully saturated rings. The number of fused-ring (bicyclic) bond motifs is 4. The van der Waals surface area contributed by atoms with E-state index in [9.17, 15) is 0 Å². The molecule has 11 rings (SSSR count). The Labute approximate surface area is 252 Å². The van der Waals surface area contributed by atoms with Crippen LogP contribution >= 0.6 is 0 Å². The van der Waals surface area contributed by atoms with E-state index < -0.39 is 11.1 Å². The Morgan fingerprint density at radius 2 is 1.00 bits per heavy atom. The zero-order valence-electron chi connectivity index (χ0n) is 23.5. The number of nitrogens with zero attached hydrogens (tertiary/aromatic N) is 2. The monoisotopic (exact) mass is 566 g/mol. The second-order valence-corrected chi connectivity index (χ2v) is 11.7. The fourth-order valence-corrected chi connectivity index (χ4v) is 7.95. The largest absolute Gasteiger partial charge is 0.455 e. The molecule has 0 saturated carbocycles. The molecule has 0 atom stereocenters. The highest BCUT2D eigenvalue weighted by molar-refractivity contribution is 6.11. The molecule has 3 aliphatic carbocycles. The molecule has 0 unspecified atom stereocenters. The SMILES string of the molecule is FC12c3ccccc3C(c3nc(-c4cccc5c4oc4ccccc45)c4ccccc4n3)(c3ccccc31)c1ccccc12. The lowest BCUT2D eigenvalue weighted by Crippen LogP contribution is -2.50. The van der Waals surface area contributed by atoms with Gasteiger partial charge < -0.3 is 4.42 Å². The van der Waals surface area contributed by atoms with Crippen molar-refractivity contribution in [2.24, 2.45) is 0 Å². The van der Waals surface area contributed by atoms with Crippen LogP contribution in [0.1, 0.15) is 39.2 Å². The molecular weight excluding hydrogens is 543 g/mol. The third-order valence-electron chi connectivity index (χ3n) is 9.70. The van der Waals surface area contributed by atoms with Crippen LogP contribution in [0, 0.1) is 0 Å². The van der Waals surface area contributed by atoms with Crippen LogP contribution in [0.3, 0.4) is 0 Å². The average Bonchev–Trinajstić information content (AvgIpc) is 3.47. The van der Waals surface area contributed by atoms with Gasteiger partial charge >= 0.3 is 0 Å². The first-order chi connectivity index (χ1) is 21.7. The highest BCUT2D eigenvalue weighted by atomic mass is 19.1. The first kappa shape index (κ1) is 23.9. The summed E-state index contributed by atoms with van der Waals surface area (Å²) in [6, 6.07) is 46.1. The maximum Gasteiger partial charge on any atom is 0.187 e. The summed E-state index contributed by atoms with van der Waals surface area (Å²) in [5.74, 6) is 0.619. The first-order valence-electron chi connectivity index (χ1n) is 14.9. The number of rotatable bonds is 2. The molecule has 8 aromatic rings. The highest BCUT2D eigenvalue weighted by Gasteiger charge is 2.61. The Morgan fingerprint density at radius 1 is 0.477 bits per heavy atom. The highest BCUT2D eigenvalue weighted by Crippen LogP contribution is 2.64. The van der Waals surface area contributed by atoms with Gasteiger partial charge in [0, 0.05) is 38.4 Å². The number of furan rings is 1. The van der Waals surface area contributed by atoms with Crippen LogP contribution in [0.2, 0.25) is 0 Å². The third kappa shape index (κ3) is 2.72. The van der Waals surface area contributed by atoms with Crippen molar-refractivity contribution >= 4 is 32.8 Å². The van der Waals surface area contributed by atoms with Gasteiger partial charge in [-0.25, -0.2) is 14.4 Å². The van der Waals surface area contributed by atoms with Crippen molar-refractivity contribution in [3.05, 3.63) is 179 Å². The summed E-state index contributed by atoms with van der Waals surface area (Å²) < 4.78 is 24.3. The predicted molar refractivity (Wildman–Crippen MR) is 172 cm³/mol. The van der Waals surface area contributed by atoms with Gasteiger partial charge in [0.05, 0.1) is 11.2 Å². The standard InChI is InChI=1S/C40H23FN2O/c41-40-31-19-6-3-16-28(31)39(29-17-4-7-20-32(29)40,30-18-5-8-21-33(30)40)38-42-34-22-9-1-13-26(34)36(43-38)27-15-11-14-25-24-12-2-10-23-35(24)44-37(25)27/h1-23H. The van der Waals surface area contributed by atoms with Gasteiger partial charge in [-0.15, -0.1) is 0 Å². The fraction of sp³-hybridized carbons (Fsp3) is 0.0500. The number of benzene rings is 6. The van der Waals surface area contributed by atoms with Gasteiger partial charge in [-0.1, -0.05) is 121 Å². The molecule has 2 bridgehead atoms. The van der Waals surface area contributed by atoms with E-state index >= 15 is 4.39 Å². The summed E-state index contributed by atoms with van der Waals surface area (Å²) in [6.07, 6.45) is 0. The van der Waals surface area contributed by atoms with Crippen LogP contribution in [-0.4, -0.2) is 9.97 Å². The summed E-state index contributed by atoms with van der Waals surface area (Å²) in [5.41, 5.74) is 6.03. The fourth-order valence-electron chi connectivity index (χ4n) is 7.95. The molecule has 2 heterocycles. The number of hydrogen-bond donors (Lipinski definition) is 0. The van der Waals surface area contributed by atoms with Crippen molar-refractivity contribution in [2.75, 3.05) is 0 Å². The molecular formula is C40H23FN2O. The average molecular weight is 567 g/mol. The lowest BCUT2D eigenvalue weighted by atomic mass is 9.51. The molecule has 4 heteroatoms. The number of aromatic nitrogens is 2. The van der Waals surface area contributed by atoms with Crippen molar-refractivity contribution in [3.63, 3.8) is 0 Å². The molecule has 44 heavy (non-hydrogen) atoms. The molecule has 3 aliphatic rings. The molecule has 6 aromatic carbocycles. The number of para-hydroxylation sites is 3. The Hall–Kier alpha value is -5.61. The van der Waals surface area contributed by atoms with E-state index in [4.69, 9.17) is 14.4 Å². The maximum atomic E-state index is 17.8. The summed E-state index contributed by atoms with van der Waals surface area (Å²) in [4.78, 5) is 10.8. The van der Waals surface area contributed by atoms with Crippen molar-refractivity contribution in [2.45, 2.75) is 11.1 Å². The first-order valence-corrected chi connectivity index (χ1v) is 14.9. The number of hydrogen-bond acceptors (Lipinski definition) is 3. The predicted octanol–water partition coefficient (Wildman–Crippen LogP) is 9.47. The van der Waals surface area contributed by atoms with Crippen LogP contribution in [0.15, 0.2) is 144 Å². The molecule has 0 aliphatic heterocycles. The van der Waals surface area contributed by atoms with Crippen LogP contribution in [0.5, 0.6) is 0 Å². The normalized spacial score (nSPS) is 19.7. The number of alkyl halides is 1. The molecule has 0 N–H and O–H groups in total. The van der Waals surface area contributed by atoms with Gasteiger partial charge in [0.1, 0.15) is 22.4 Å². The van der Waals surface area contributed by atoms with Crippen LogP contribution < -0.4 is 0 Å². The molecule has 0 radical (unpaired) electrons. The molecule has 2 aromatic heterocycles. The smallest absolute Gasteiger partial charge is 0.187 e. The van der Waals surface area contributed by atoms with Gasteiger partial charge in [0.2, 0.25) is 0 Å². The Kier molecular flexibility index (Phi) is 4.49. The summed E-state index contributed by atoms with van der Waals surface area (Å²) in [6.45, 7) is 0.